The Labute approximate surface area is 207 Å². The van der Waals surface area contributed by atoms with Gasteiger partial charge in [0, 0.05) is 11.8 Å². The summed E-state index contributed by atoms with van der Waals surface area (Å²) in [5.74, 6) is 0.574. The van der Waals surface area contributed by atoms with E-state index < -0.39 is 5.91 Å². The second kappa shape index (κ2) is 9.99. The summed E-state index contributed by atoms with van der Waals surface area (Å²) in [6.07, 6.45) is 0. The summed E-state index contributed by atoms with van der Waals surface area (Å²) in [5, 5.41) is 8.80. The molecule has 0 fully saturated rings. The van der Waals surface area contributed by atoms with Crippen LogP contribution in [0, 0.1) is 0 Å². The Kier molecular flexibility index (Phi) is 6.86. The molecular formula is C26H22ClN3O3S. The van der Waals surface area contributed by atoms with Crippen LogP contribution in [0.5, 0.6) is 11.5 Å². The van der Waals surface area contributed by atoms with Crippen molar-refractivity contribution < 1.29 is 14.3 Å². The average Bonchev–Trinajstić information content (AvgIpc) is 2.83. The zero-order valence-electron chi connectivity index (χ0n) is 18.5. The highest BCUT2D eigenvalue weighted by Gasteiger charge is 2.15. The average molecular weight is 492 g/mol. The van der Waals surface area contributed by atoms with Crippen molar-refractivity contribution >= 4 is 57.0 Å². The Morgan fingerprint density at radius 2 is 1.62 bits per heavy atom. The number of rotatable bonds is 6. The van der Waals surface area contributed by atoms with Crippen molar-refractivity contribution in [2.24, 2.45) is 5.73 Å². The molecule has 0 aliphatic heterocycles. The Morgan fingerprint density at radius 1 is 0.912 bits per heavy atom. The number of thiocarbonyl (C=S) groups is 1. The first-order valence-electron chi connectivity index (χ1n) is 10.3. The molecule has 0 aliphatic carbocycles. The third kappa shape index (κ3) is 4.76. The van der Waals surface area contributed by atoms with E-state index in [4.69, 9.17) is 39.0 Å². The van der Waals surface area contributed by atoms with Crippen LogP contribution < -0.4 is 25.8 Å². The molecule has 34 heavy (non-hydrogen) atoms. The first kappa shape index (κ1) is 23.4. The van der Waals surface area contributed by atoms with E-state index in [1.165, 1.54) is 7.11 Å². The molecule has 0 atom stereocenters. The molecule has 0 saturated heterocycles. The lowest BCUT2D eigenvalue weighted by Gasteiger charge is -2.16. The molecule has 8 heteroatoms. The van der Waals surface area contributed by atoms with Gasteiger partial charge in [0.25, 0.3) is 0 Å². The molecule has 4 aromatic rings. The van der Waals surface area contributed by atoms with Gasteiger partial charge >= 0.3 is 0 Å². The van der Waals surface area contributed by atoms with Gasteiger partial charge in [0.1, 0.15) is 11.5 Å². The maximum atomic E-state index is 12.3. The third-order valence-corrected chi connectivity index (χ3v) is 5.85. The van der Waals surface area contributed by atoms with E-state index in [-0.39, 0.29) is 0 Å². The number of methoxy groups -OCH3 is 2. The van der Waals surface area contributed by atoms with Crippen molar-refractivity contribution in [3.63, 3.8) is 0 Å². The highest BCUT2D eigenvalue weighted by molar-refractivity contribution is 7.80. The molecule has 0 aliphatic rings. The summed E-state index contributed by atoms with van der Waals surface area (Å²) in [5.41, 5.74) is 9.24. The minimum atomic E-state index is -0.466. The molecule has 0 unspecified atom stereocenters. The Morgan fingerprint density at radius 3 is 2.29 bits per heavy atom. The van der Waals surface area contributed by atoms with Crippen LogP contribution in [0.4, 0.5) is 11.4 Å². The number of nitrogens with one attached hydrogen (secondary N) is 2. The molecule has 4 aromatic carbocycles. The fourth-order valence-electron chi connectivity index (χ4n) is 3.75. The van der Waals surface area contributed by atoms with Crippen molar-refractivity contribution in [3.05, 3.63) is 83.4 Å². The van der Waals surface area contributed by atoms with Gasteiger partial charge in [-0.15, -0.1) is 0 Å². The molecule has 172 valence electrons. The smallest absolute Gasteiger partial charge is 0.249 e. The van der Waals surface area contributed by atoms with Crippen LogP contribution in [-0.4, -0.2) is 25.2 Å². The highest BCUT2D eigenvalue weighted by atomic mass is 35.5. The minimum absolute atomic E-state index is 0.357. The Bertz CT molecular complexity index is 1390. The first-order valence-corrected chi connectivity index (χ1v) is 11.1. The fourth-order valence-corrected chi connectivity index (χ4v) is 4.22. The van der Waals surface area contributed by atoms with E-state index in [1.54, 1.807) is 19.2 Å². The number of fused-ring (bicyclic) bond motifs is 1. The van der Waals surface area contributed by atoms with E-state index in [1.807, 2.05) is 60.7 Å². The van der Waals surface area contributed by atoms with Gasteiger partial charge in [0.15, 0.2) is 5.11 Å². The van der Waals surface area contributed by atoms with Crippen LogP contribution in [0.3, 0.4) is 0 Å². The van der Waals surface area contributed by atoms with Crippen molar-refractivity contribution in [1.29, 1.82) is 0 Å². The topological polar surface area (TPSA) is 85.6 Å². The summed E-state index contributed by atoms with van der Waals surface area (Å²) in [4.78, 5) is 12.3. The second-order valence-electron chi connectivity index (χ2n) is 7.42. The number of amides is 1. The predicted molar refractivity (Wildman–Crippen MR) is 142 cm³/mol. The van der Waals surface area contributed by atoms with Gasteiger partial charge in [-0.2, -0.15) is 0 Å². The van der Waals surface area contributed by atoms with Crippen molar-refractivity contribution in [1.82, 2.24) is 0 Å². The van der Waals surface area contributed by atoms with E-state index in [2.05, 4.69) is 10.6 Å². The van der Waals surface area contributed by atoms with Gasteiger partial charge < -0.3 is 25.8 Å². The highest BCUT2D eigenvalue weighted by Crippen LogP contribution is 2.36. The molecular weight excluding hydrogens is 470 g/mol. The number of hydrogen-bond donors (Lipinski definition) is 3. The van der Waals surface area contributed by atoms with Crippen LogP contribution in [0.2, 0.25) is 5.02 Å². The number of benzene rings is 4. The van der Waals surface area contributed by atoms with Crippen LogP contribution in [0.25, 0.3) is 21.9 Å². The van der Waals surface area contributed by atoms with Gasteiger partial charge in [0.05, 0.1) is 30.5 Å². The van der Waals surface area contributed by atoms with Crippen LogP contribution in [-0.2, 0) is 0 Å². The number of primary amides is 1. The lowest BCUT2D eigenvalue weighted by molar-refractivity contribution is 0.100. The molecule has 6 nitrogen and oxygen atoms in total. The summed E-state index contributed by atoms with van der Waals surface area (Å²) in [7, 11) is 3.09. The summed E-state index contributed by atoms with van der Waals surface area (Å²) < 4.78 is 10.6. The zero-order chi connectivity index (χ0) is 24.2. The maximum absolute atomic E-state index is 12.3. The lowest BCUT2D eigenvalue weighted by Crippen LogP contribution is -2.19. The molecule has 4 rings (SSSR count). The first-order chi connectivity index (χ1) is 16.4. The van der Waals surface area contributed by atoms with Crippen LogP contribution >= 0.6 is 23.8 Å². The zero-order valence-corrected chi connectivity index (χ0v) is 20.1. The van der Waals surface area contributed by atoms with Crippen molar-refractivity contribution in [2.75, 3.05) is 24.9 Å². The summed E-state index contributed by atoms with van der Waals surface area (Å²) in [6.45, 7) is 0. The second-order valence-corrected chi connectivity index (χ2v) is 8.23. The fraction of sp³-hybridized carbons (Fsp3) is 0.0769. The predicted octanol–water partition coefficient (Wildman–Crippen LogP) is 6.09. The van der Waals surface area contributed by atoms with Gasteiger partial charge in [-0.25, -0.2) is 0 Å². The number of halogens is 1. The molecule has 0 bridgehead atoms. The van der Waals surface area contributed by atoms with Gasteiger partial charge in [-0.1, -0.05) is 60.1 Å². The summed E-state index contributed by atoms with van der Waals surface area (Å²) >= 11 is 11.7. The van der Waals surface area contributed by atoms with E-state index in [0.29, 0.717) is 32.9 Å². The van der Waals surface area contributed by atoms with Gasteiger partial charge in [-0.05, 0) is 52.3 Å². The number of carbonyl (C=O) groups is 1. The molecule has 0 aromatic heterocycles. The quantitative estimate of drug-likeness (QED) is 0.283. The Balaban J connectivity index is 1.55. The number of hydrogen-bond acceptors (Lipinski definition) is 4. The standard InChI is InChI=1S/C26H22ClN3O3S/c1-32-22-14-23(33-2)21(13-20(22)27)30-26(34)29-17-10-7-16(8-11-17)19-12-9-15-5-3-4-6-18(15)24(19)25(28)31/h3-14H,1-2H3,(H2,28,31)(H2,29,30,34). The number of nitrogens with two attached hydrogens (primary N) is 1. The van der Waals surface area contributed by atoms with Crippen molar-refractivity contribution in [2.45, 2.75) is 0 Å². The largest absolute Gasteiger partial charge is 0.495 e. The Hall–Kier alpha value is -3.81. The molecule has 1 amide bonds. The molecule has 0 saturated carbocycles. The van der Waals surface area contributed by atoms with E-state index >= 15 is 0 Å². The lowest BCUT2D eigenvalue weighted by atomic mass is 9.93. The number of anilines is 2. The molecule has 0 heterocycles. The number of ether oxygens (including phenoxy) is 2. The number of carbonyl (C=O) groups excluding carboxylic acids is 1. The van der Waals surface area contributed by atoms with E-state index in [0.717, 1.165) is 27.6 Å². The van der Waals surface area contributed by atoms with Gasteiger partial charge in [0.2, 0.25) is 5.91 Å². The van der Waals surface area contributed by atoms with Gasteiger partial charge in [-0.3, -0.25) is 4.79 Å². The SMILES string of the molecule is COc1cc(OC)c(NC(=S)Nc2ccc(-c3ccc4ccccc4c3C(N)=O)cc2)cc1Cl. The molecule has 0 spiro atoms. The normalized spacial score (nSPS) is 10.6. The van der Waals surface area contributed by atoms with Crippen LogP contribution in [0.1, 0.15) is 10.4 Å². The monoisotopic (exact) mass is 491 g/mol. The summed E-state index contributed by atoms with van der Waals surface area (Å²) in [6, 6.07) is 22.5. The van der Waals surface area contributed by atoms with E-state index in [9.17, 15) is 4.79 Å². The third-order valence-electron chi connectivity index (χ3n) is 5.35. The molecule has 0 radical (unpaired) electrons. The minimum Gasteiger partial charge on any atom is -0.495 e. The van der Waals surface area contributed by atoms with Crippen LogP contribution in [0.15, 0.2) is 72.8 Å². The maximum Gasteiger partial charge on any atom is 0.249 e. The van der Waals surface area contributed by atoms with Crippen molar-refractivity contribution in [3.8, 4) is 22.6 Å². The molecule has 4 N–H and O–H groups in total.